The maximum Gasteiger partial charge on any atom is 0.119 e. The molecule has 1 aromatic rings. The van der Waals surface area contributed by atoms with Crippen molar-refractivity contribution in [2.24, 2.45) is 0 Å². The van der Waals surface area contributed by atoms with Gasteiger partial charge in [0.15, 0.2) is 0 Å². The predicted octanol–water partition coefficient (Wildman–Crippen LogP) is 1.94. The van der Waals surface area contributed by atoms with Gasteiger partial charge in [-0.15, -0.1) is 0 Å². The van der Waals surface area contributed by atoms with Gasteiger partial charge in [-0.1, -0.05) is 0 Å². The van der Waals surface area contributed by atoms with Gasteiger partial charge in [0.25, 0.3) is 0 Å². The normalized spacial score (nSPS) is 14.8. The van der Waals surface area contributed by atoms with E-state index in [1.54, 1.807) is 24.3 Å². The van der Waals surface area contributed by atoms with Crippen LogP contribution in [0.3, 0.4) is 0 Å². The minimum Gasteiger partial charge on any atom is -0.491 e. The monoisotopic (exact) mass is 368 g/mol. The van der Waals surface area contributed by atoms with Gasteiger partial charge in [0.2, 0.25) is 0 Å². The Morgan fingerprint density at radius 1 is 0.731 bits per heavy atom. The number of β-amino-alcohol motifs (C(OH)–C–C–N with tert-alkyl or cyclic N) is 2. The quantitative estimate of drug-likeness (QED) is 0.505. The fraction of sp³-hybridized carbons (Fsp3) is 0.700. The number of nitrogens with one attached hydrogen (secondary N) is 2. The van der Waals surface area contributed by atoms with Crippen LogP contribution < -0.4 is 20.1 Å². The second-order valence-corrected chi connectivity index (χ2v) is 8.66. The lowest BCUT2D eigenvalue weighted by atomic mass is 10.1. The van der Waals surface area contributed by atoms with E-state index in [4.69, 9.17) is 9.47 Å². The summed E-state index contributed by atoms with van der Waals surface area (Å²) in [4.78, 5) is 0. The molecule has 150 valence electrons. The Kier molecular flexibility index (Phi) is 8.83. The van der Waals surface area contributed by atoms with Crippen molar-refractivity contribution in [2.75, 3.05) is 26.3 Å². The van der Waals surface area contributed by atoms with E-state index in [1.165, 1.54) is 0 Å². The van der Waals surface area contributed by atoms with E-state index >= 15 is 0 Å². The third-order valence-electron chi connectivity index (χ3n) is 3.44. The standard InChI is InChI=1S/C20H36N2O4/c1-19(2,3)21-11-15(23)13-25-17-7-9-18(10-8-17)26-14-16(24)12-22-20(4,5)6/h7-10,15-16,21-24H,11-14H2,1-6H3. The van der Waals surface area contributed by atoms with Gasteiger partial charge in [-0.3, -0.25) is 0 Å². The molecule has 6 nitrogen and oxygen atoms in total. The Balaban J connectivity index is 2.30. The van der Waals surface area contributed by atoms with Crippen LogP contribution >= 0.6 is 0 Å². The van der Waals surface area contributed by atoms with Crippen LogP contribution in [-0.4, -0.2) is 59.8 Å². The average molecular weight is 369 g/mol. The lowest BCUT2D eigenvalue weighted by Gasteiger charge is -2.23. The predicted molar refractivity (Wildman–Crippen MR) is 105 cm³/mol. The summed E-state index contributed by atoms with van der Waals surface area (Å²) < 4.78 is 11.2. The maximum atomic E-state index is 9.94. The fourth-order valence-corrected chi connectivity index (χ4v) is 1.98. The number of aliphatic hydroxyl groups excluding tert-OH is 2. The number of aliphatic hydroxyl groups is 2. The zero-order chi connectivity index (χ0) is 19.8. The molecule has 0 heterocycles. The van der Waals surface area contributed by atoms with Crippen LogP contribution in [0.1, 0.15) is 41.5 Å². The first-order chi connectivity index (χ1) is 11.9. The van der Waals surface area contributed by atoms with Crippen LogP contribution in [0.25, 0.3) is 0 Å². The topological polar surface area (TPSA) is 83.0 Å². The molecule has 0 aliphatic rings. The zero-order valence-corrected chi connectivity index (χ0v) is 17.0. The SMILES string of the molecule is CC(C)(C)NCC(O)COc1ccc(OCC(O)CNC(C)(C)C)cc1. The lowest BCUT2D eigenvalue weighted by molar-refractivity contribution is 0.0982. The molecule has 0 saturated carbocycles. The van der Waals surface area contributed by atoms with Gasteiger partial charge >= 0.3 is 0 Å². The zero-order valence-electron chi connectivity index (χ0n) is 17.0. The number of benzene rings is 1. The second kappa shape index (κ2) is 10.1. The van der Waals surface area contributed by atoms with Crippen molar-refractivity contribution < 1.29 is 19.7 Å². The first-order valence-electron chi connectivity index (χ1n) is 9.16. The van der Waals surface area contributed by atoms with Crippen molar-refractivity contribution in [3.63, 3.8) is 0 Å². The summed E-state index contributed by atoms with van der Waals surface area (Å²) in [5, 5.41) is 26.3. The molecule has 0 bridgehead atoms. The molecule has 1 rings (SSSR count). The number of hydrogen-bond donors (Lipinski definition) is 4. The van der Waals surface area contributed by atoms with Crippen LogP contribution in [-0.2, 0) is 0 Å². The molecule has 2 unspecified atom stereocenters. The van der Waals surface area contributed by atoms with Crippen LogP contribution in [0, 0.1) is 0 Å². The highest BCUT2D eigenvalue weighted by Crippen LogP contribution is 2.18. The van der Waals surface area contributed by atoms with Crippen LogP contribution in [0.2, 0.25) is 0 Å². The first kappa shape index (κ1) is 22.7. The van der Waals surface area contributed by atoms with Gasteiger partial charge in [-0.05, 0) is 65.8 Å². The largest absolute Gasteiger partial charge is 0.491 e. The molecule has 4 N–H and O–H groups in total. The highest BCUT2D eigenvalue weighted by molar-refractivity contribution is 5.31. The van der Waals surface area contributed by atoms with Crippen molar-refractivity contribution in [3.8, 4) is 11.5 Å². The van der Waals surface area contributed by atoms with E-state index in [9.17, 15) is 10.2 Å². The molecule has 26 heavy (non-hydrogen) atoms. The molecule has 0 amide bonds. The molecular formula is C20H36N2O4. The van der Waals surface area contributed by atoms with E-state index in [0.29, 0.717) is 24.6 Å². The summed E-state index contributed by atoms with van der Waals surface area (Å²) in [6.45, 7) is 13.7. The van der Waals surface area contributed by atoms with Crippen molar-refractivity contribution >= 4 is 0 Å². The second-order valence-electron chi connectivity index (χ2n) is 8.66. The number of ether oxygens (including phenoxy) is 2. The Bertz CT molecular complexity index is 459. The van der Waals surface area contributed by atoms with Gasteiger partial charge in [0.05, 0.1) is 0 Å². The van der Waals surface area contributed by atoms with Crippen LogP contribution in [0.5, 0.6) is 11.5 Å². The molecule has 0 aliphatic heterocycles. The third-order valence-corrected chi connectivity index (χ3v) is 3.44. The molecular weight excluding hydrogens is 332 g/mol. The van der Waals surface area contributed by atoms with Gasteiger partial charge in [0, 0.05) is 24.2 Å². The van der Waals surface area contributed by atoms with E-state index in [-0.39, 0.29) is 24.3 Å². The Hall–Kier alpha value is -1.34. The van der Waals surface area contributed by atoms with Gasteiger partial charge in [-0.25, -0.2) is 0 Å². The minimum absolute atomic E-state index is 0.0348. The minimum atomic E-state index is -0.574. The molecule has 0 spiro atoms. The van der Waals surface area contributed by atoms with Crippen molar-refractivity contribution in [2.45, 2.75) is 64.8 Å². The maximum absolute atomic E-state index is 9.94. The third kappa shape index (κ3) is 11.3. The summed E-state index contributed by atoms with van der Waals surface area (Å²) in [7, 11) is 0. The molecule has 0 fully saturated rings. The van der Waals surface area contributed by atoms with Gasteiger partial charge in [0.1, 0.15) is 36.9 Å². The fourth-order valence-electron chi connectivity index (χ4n) is 1.98. The summed E-state index contributed by atoms with van der Waals surface area (Å²) in [6.07, 6.45) is -1.15. The van der Waals surface area contributed by atoms with E-state index in [2.05, 4.69) is 52.2 Å². The number of hydrogen-bond acceptors (Lipinski definition) is 6. The number of rotatable bonds is 10. The summed E-state index contributed by atoms with van der Waals surface area (Å²) >= 11 is 0. The Labute approximate surface area is 157 Å². The average Bonchev–Trinajstić information content (AvgIpc) is 2.54. The smallest absolute Gasteiger partial charge is 0.119 e. The van der Waals surface area contributed by atoms with Gasteiger partial charge in [-0.2, -0.15) is 0 Å². The van der Waals surface area contributed by atoms with E-state index < -0.39 is 12.2 Å². The van der Waals surface area contributed by atoms with Crippen molar-refractivity contribution in [3.05, 3.63) is 24.3 Å². The summed E-state index contributed by atoms with van der Waals surface area (Å²) in [6, 6.07) is 7.16. The van der Waals surface area contributed by atoms with Crippen LogP contribution in [0.15, 0.2) is 24.3 Å². The van der Waals surface area contributed by atoms with Crippen molar-refractivity contribution in [1.29, 1.82) is 0 Å². The Morgan fingerprint density at radius 3 is 1.31 bits per heavy atom. The van der Waals surface area contributed by atoms with Crippen molar-refractivity contribution in [1.82, 2.24) is 10.6 Å². The highest BCUT2D eigenvalue weighted by Gasteiger charge is 2.14. The molecule has 0 saturated heterocycles. The van der Waals surface area contributed by atoms with Gasteiger partial charge < -0.3 is 30.3 Å². The molecule has 0 aromatic heterocycles. The molecule has 0 radical (unpaired) electrons. The summed E-state index contributed by atoms with van der Waals surface area (Å²) in [5.74, 6) is 1.34. The molecule has 2 atom stereocenters. The van der Waals surface area contributed by atoms with E-state index in [1.807, 2.05) is 0 Å². The highest BCUT2D eigenvalue weighted by atomic mass is 16.5. The first-order valence-corrected chi connectivity index (χ1v) is 9.16. The summed E-state index contributed by atoms with van der Waals surface area (Å²) in [5.41, 5.74) is -0.0696. The lowest BCUT2D eigenvalue weighted by Crippen LogP contribution is -2.42. The van der Waals surface area contributed by atoms with E-state index in [0.717, 1.165) is 0 Å². The van der Waals surface area contributed by atoms with Crippen LogP contribution in [0.4, 0.5) is 0 Å². The molecule has 0 aliphatic carbocycles. The Morgan fingerprint density at radius 2 is 1.04 bits per heavy atom. The molecule has 1 aromatic carbocycles. The molecule has 6 heteroatoms.